The molecule has 0 atom stereocenters. The van der Waals surface area contributed by atoms with Gasteiger partial charge in [0.25, 0.3) is 0 Å². The van der Waals surface area contributed by atoms with E-state index in [4.69, 9.17) is 4.74 Å². The molecule has 0 aromatic heterocycles. The Morgan fingerprint density at radius 2 is 2.07 bits per heavy atom. The minimum absolute atomic E-state index is 0.549. The fourth-order valence-electron chi connectivity index (χ4n) is 2.13. The molecule has 0 radical (unpaired) electrons. The van der Waals surface area contributed by atoms with Crippen molar-refractivity contribution in [2.24, 2.45) is 0 Å². The van der Waals surface area contributed by atoms with Crippen molar-refractivity contribution in [3.05, 3.63) is 0 Å². The zero-order chi connectivity index (χ0) is 10.3. The first kappa shape index (κ1) is 12.3. The van der Waals surface area contributed by atoms with Gasteiger partial charge in [0, 0.05) is 25.0 Å². The molecule has 2 nitrogen and oxygen atoms in total. The van der Waals surface area contributed by atoms with Crippen LogP contribution in [0, 0.1) is 0 Å². The predicted molar refractivity (Wildman–Crippen MR) is 64.1 cm³/mol. The summed E-state index contributed by atoms with van der Waals surface area (Å²) in [6.07, 6.45) is 9.00. The van der Waals surface area contributed by atoms with Gasteiger partial charge in [-0.15, -0.1) is 0 Å². The van der Waals surface area contributed by atoms with E-state index < -0.39 is 0 Å². The standard InChI is InChI=1S/C11H23NOS/c1-13-9-5-8-12-10-11(14-2)6-3-4-7-11/h12H,3-10H2,1-2H3. The average Bonchev–Trinajstić information content (AvgIpc) is 2.67. The minimum Gasteiger partial charge on any atom is -0.385 e. The average molecular weight is 217 g/mol. The van der Waals surface area contributed by atoms with Gasteiger partial charge in [-0.3, -0.25) is 0 Å². The zero-order valence-corrected chi connectivity index (χ0v) is 10.3. The second-order valence-electron chi connectivity index (χ2n) is 4.12. The maximum absolute atomic E-state index is 5.02. The third-order valence-electron chi connectivity index (χ3n) is 3.10. The van der Waals surface area contributed by atoms with Crippen LogP contribution in [0.5, 0.6) is 0 Å². The van der Waals surface area contributed by atoms with Crippen LogP contribution in [0.25, 0.3) is 0 Å². The Bertz CT molecular complexity index is 146. The molecule has 0 heterocycles. The maximum atomic E-state index is 5.02. The van der Waals surface area contributed by atoms with Gasteiger partial charge in [0.15, 0.2) is 0 Å². The summed E-state index contributed by atoms with van der Waals surface area (Å²) in [4.78, 5) is 0. The van der Waals surface area contributed by atoms with Gasteiger partial charge in [-0.25, -0.2) is 0 Å². The van der Waals surface area contributed by atoms with E-state index in [9.17, 15) is 0 Å². The van der Waals surface area contributed by atoms with Crippen LogP contribution in [0.3, 0.4) is 0 Å². The van der Waals surface area contributed by atoms with E-state index in [0.717, 1.165) is 19.6 Å². The van der Waals surface area contributed by atoms with Crippen molar-refractivity contribution in [1.82, 2.24) is 5.32 Å². The van der Waals surface area contributed by atoms with Crippen LogP contribution < -0.4 is 5.32 Å². The highest BCUT2D eigenvalue weighted by Gasteiger charge is 2.32. The molecular weight excluding hydrogens is 194 g/mol. The largest absolute Gasteiger partial charge is 0.385 e. The molecule has 0 aliphatic heterocycles. The molecule has 1 rings (SSSR count). The van der Waals surface area contributed by atoms with Gasteiger partial charge in [0.1, 0.15) is 0 Å². The molecule has 84 valence electrons. The lowest BCUT2D eigenvalue weighted by molar-refractivity contribution is 0.194. The van der Waals surface area contributed by atoms with Gasteiger partial charge in [-0.05, 0) is 32.1 Å². The second kappa shape index (κ2) is 6.70. The topological polar surface area (TPSA) is 21.3 Å². The van der Waals surface area contributed by atoms with Crippen molar-refractivity contribution < 1.29 is 4.74 Å². The SMILES string of the molecule is COCCCNCC1(SC)CCCC1. The highest BCUT2D eigenvalue weighted by Crippen LogP contribution is 2.39. The summed E-state index contributed by atoms with van der Waals surface area (Å²) < 4.78 is 5.57. The summed E-state index contributed by atoms with van der Waals surface area (Å²) in [5.74, 6) is 0. The second-order valence-corrected chi connectivity index (χ2v) is 5.39. The first-order valence-corrected chi connectivity index (χ1v) is 6.80. The third-order valence-corrected chi connectivity index (χ3v) is 4.52. The van der Waals surface area contributed by atoms with Crippen molar-refractivity contribution in [3.8, 4) is 0 Å². The van der Waals surface area contributed by atoms with E-state index >= 15 is 0 Å². The minimum atomic E-state index is 0.549. The van der Waals surface area contributed by atoms with E-state index in [-0.39, 0.29) is 0 Å². The molecule has 0 saturated heterocycles. The number of thioether (sulfide) groups is 1. The van der Waals surface area contributed by atoms with Crippen LogP contribution >= 0.6 is 11.8 Å². The van der Waals surface area contributed by atoms with Gasteiger partial charge < -0.3 is 10.1 Å². The Hall–Kier alpha value is 0.270. The van der Waals surface area contributed by atoms with Crippen molar-refractivity contribution >= 4 is 11.8 Å². The lowest BCUT2D eigenvalue weighted by atomic mass is 10.1. The van der Waals surface area contributed by atoms with Crippen LogP contribution in [0.15, 0.2) is 0 Å². The monoisotopic (exact) mass is 217 g/mol. The van der Waals surface area contributed by atoms with Crippen molar-refractivity contribution in [2.45, 2.75) is 36.9 Å². The molecule has 0 bridgehead atoms. The van der Waals surface area contributed by atoms with Crippen molar-refractivity contribution in [3.63, 3.8) is 0 Å². The van der Waals surface area contributed by atoms with Gasteiger partial charge in [-0.1, -0.05) is 12.8 Å². The van der Waals surface area contributed by atoms with E-state index in [1.807, 2.05) is 11.8 Å². The molecule has 0 aromatic rings. The highest BCUT2D eigenvalue weighted by molar-refractivity contribution is 8.00. The van der Waals surface area contributed by atoms with Gasteiger partial charge in [-0.2, -0.15) is 11.8 Å². The lowest BCUT2D eigenvalue weighted by Crippen LogP contribution is -2.35. The van der Waals surface area contributed by atoms with Crippen LogP contribution in [0.4, 0.5) is 0 Å². The Morgan fingerprint density at radius 3 is 2.64 bits per heavy atom. The molecule has 1 fully saturated rings. The van der Waals surface area contributed by atoms with E-state index in [2.05, 4.69) is 11.6 Å². The Morgan fingerprint density at radius 1 is 1.36 bits per heavy atom. The quantitative estimate of drug-likeness (QED) is 0.661. The first-order valence-electron chi connectivity index (χ1n) is 5.58. The fraction of sp³-hybridized carbons (Fsp3) is 1.00. The summed E-state index contributed by atoms with van der Waals surface area (Å²) in [5, 5.41) is 3.55. The van der Waals surface area contributed by atoms with E-state index in [1.54, 1.807) is 7.11 Å². The summed E-state index contributed by atoms with van der Waals surface area (Å²) in [6.45, 7) is 3.15. The molecule has 3 heteroatoms. The molecule has 0 unspecified atom stereocenters. The Balaban J connectivity index is 2.08. The number of hydrogen-bond donors (Lipinski definition) is 1. The van der Waals surface area contributed by atoms with Crippen molar-refractivity contribution in [2.75, 3.05) is 33.1 Å². The van der Waals surface area contributed by atoms with E-state index in [0.29, 0.717) is 4.75 Å². The van der Waals surface area contributed by atoms with E-state index in [1.165, 1.54) is 32.2 Å². The molecule has 1 saturated carbocycles. The number of rotatable bonds is 7. The highest BCUT2D eigenvalue weighted by atomic mass is 32.2. The van der Waals surface area contributed by atoms with Gasteiger partial charge in [0.05, 0.1) is 0 Å². The smallest absolute Gasteiger partial charge is 0.0474 e. The van der Waals surface area contributed by atoms with Crippen LogP contribution in [0.1, 0.15) is 32.1 Å². The fourth-order valence-corrected chi connectivity index (χ4v) is 3.07. The number of hydrogen-bond acceptors (Lipinski definition) is 3. The number of methoxy groups -OCH3 is 1. The lowest BCUT2D eigenvalue weighted by Gasteiger charge is -2.27. The molecule has 0 aromatic carbocycles. The molecule has 1 N–H and O–H groups in total. The predicted octanol–water partition coefficient (Wildman–Crippen LogP) is 2.29. The van der Waals surface area contributed by atoms with Gasteiger partial charge >= 0.3 is 0 Å². The summed E-state index contributed by atoms with van der Waals surface area (Å²) in [6, 6.07) is 0. The molecule has 0 spiro atoms. The third kappa shape index (κ3) is 3.79. The van der Waals surface area contributed by atoms with Crippen LogP contribution in [-0.2, 0) is 4.74 Å². The molecular formula is C11H23NOS. The molecule has 14 heavy (non-hydrogen) atoms. The Labute approximate surface area is 92.2 Å². The molecule has 0 amide bonds. The number of ether oxygens (including phenoxy) is 1. The Kier molecular flexibility index (Phi) is 5.90. The first-order chi connectivity index (χ1) is 6.83. The van der Waals surface area contributed by atoms with Crippen LogP contribution in [-0.4, -0.2) is 37.8 Å². The maximum Gasteiger partial charge on any atom is 0.0474 e. The van der Waals surface area contributed by atoms with Gasteiger partial charge in [0.2, 0.25) is 0 Å². The zero-order valence-electron chi connectivity index (χ0n) is 9.47. The van der Waals surface area contributed by atoms with Crippen molar-refractivity contribution in [1.29, 1.82) is 0 Å². The summed E-state index contributed by atoms with van der Waals surface area (Å²) >= 11 is 2.05. The molecule has 1 aliphatic rings. The summed E-state index contributed by atoms with van der Waals surface area (Å²) in [5.41, 5.74) is 0. The summed E-state index contributed by atoms with van der Waals surface area (Å²) in [7, 11) is 1.76. The molecule has 1 aliphatic carbocycles. The normalized spacial score (nSPS) is 20.1. The van der Waals surface area contributed by atoms with Crippen LogP contribution in [0.2, 0.25) is 0 Å². The number of nitrogens with one attached hydrogen (secondary N) is 1.